The minimum atomic E-state index is -4.38. The number of oxazole rings is 1. The van der Waals surface area contributed by atoms with Crippen molar-refractivity contribution >= 4 is 5.82 Å². The van der Waals surface area contributed by atoms with Crippen LogP contribution in [0.1, 0.15) is 36.8 Å². The van der Waals surface area contributed by atoms with Gasteiger partial charge in [-0.2, -0.15) is 13.2 Å². The van der Waals surface area contributed by atoms with Gasteiger partial charge < -0.3 is 9.32 Å². The topological polar surface area (TPSA) is 45.4 Å². The summed E-state index contributed by atoms with van der Waals surface area (Å²) >= 11 is 0. The molecule has 0 bridgehead atoms. The third-order valence-electron chi connectivity index (χ3n) is 5.52. The van der Waals surface area contributed by atoms with Crippen LogP contribution in [-0.2, 0) is 12.7 Å². The number of rotatable bonds is 4. The zero-order valence-electron chi connectivity index (χ0n) is 15.4. The van der Waals surface area contributed by atoms with E-state index < -0.39 is 11.7 Å². The molecule has 2 fully saturated rings. The van der Waals surface area contributed by atoms with Gasteiger partial charge in [-0.3, -0.25) is 4.90 Å². The molecule has 8 heteroatoms. The summed E-state index contributed by atoms with van der Waals surface area (Å²) in [6.07, 6.45) is -1.46. The molecule has 0 aliphatic carbocycles. The Hall–Kier alpha value is -2.09. The predicted octanol–water partition coefficient (Wildman–Crippen LogP) is 3.78. The Bertz CT molecular complexity index is 790. The van der Waals surface area contributed by atoms with Gasteiger partial charge in [-0.05, 0) is 24.0 Å². The van der Waals surface area contributed by atoms with Gasteiger partial charge in [0.15, 0.2) is 6.39 Å². The average Bonchev–Trinajstić information content (AvgIpc) is 3.28. The quantitative estimate of drug-likeness (QED) is 0.808. The summed E-state index contributed by atoms with van der Waals surface area (Å²) in [5.74, 6) is 1.96. The second-order valence-corrected chi connectivity index (χ2v) is 7.81. The van der Waals surface area contributed by atoms with Crippen LogP contribution in [0.3, 0.4) is 0 Å². The van der Waals surface area contributed by atoms with Gasteiger partial charge in [0, 0.05) is 44.8 Å². The second-order valence-electron chi connectivity index (χ2n) is 7.81. The van der Waals surface area contributed by atoms with Crippen molar-refractivity contribution in [3.05, 3.63) is 41.7 Å². The number of fused-ring (bicyclic) bond motifs is 1. The molecular weight excluding hydrogens is 357 g/mol. The van der Waals surface area contributed by atoms with Crippen molar-refractivity contribution in [3.63, 3.8) is 0 Å². The first kappa shape index (κ1) is 18.3. The molecule has 4 rings (SSSR count). The molecule has 2 atom stereocenters. The van der Waals surface area contributed by atoms with E-state index in [1.54, 1.807) is 4.90 Å². The van der Waals surface area contributed by atoms with E-state index in [0.717, 1.165) is 37.2 Å². The molecule has 146 valence electrons. The van der Waals surface area contributed by atoms with Gasteiger partial charge in [0.05, 0.1) is 11.3 Å². The molecule has 2 aliphatic rings. The Labute approximate surface area is 156 Å². The van der Waals surface area contributed by atoms with Gasteiger partial charge in [0.1, 0.15) is 11.6 Å². The molecule has 5 nitrogen and oxygen atoms in total. The highest BCUT2D eigenvalue weighted by atomic mass is 19.4. The summed E-state index contributed by atoms with van der Waals surface area (Å²) in [6.45, 7) is 7.82. The number of likely N-dealkylation sites (tertiary alicyclic amines) is 1. The van der Waals surface area contributed by atoms with Crippen LogP contribution in [0.2, 0.25) is 0 Å². The first-order valence-corrected chi connectivity index (χ1v) is 9.24. The predicted molar refractivity (Wildman–Crippen MR) is 94.3 cm³/mol. The van der Waals surface area contributed by atoms with Crippen molar-refractivity contribution < 1.29 is 17.6 Å². The average molecular weight is 380 g/mol. The normalized spacial score (nSPS) is 23.4. The zero-order valence-corrected chi connectivity index (χ0v) is 15.4. The Morgan fingerprint density at radius 1 is 1.15 bits per heavy atom. The number of hydrogen-bond donors (Lipinski definition) is 0. The largest absolute Gasteiger partial charge is 0.448 e. The van der Waals surface area contributed by atoms with Crippen molar-refractivity contribution in [1.82, 2.24) is 14.9 Å². The van der Waals surface area contributed by atoms with Crippen LogP contribution < -0.4 is 4.90 Å². The molecule has 2 saturated heterocycles. The van der Waals surface area contributed by atoms with Crippen LogP contribution in [0.25, 0.3) is 0 Å². The van der Waals surface area contributed by atoms with Gasteiger partial charge in [-0.1, -0.05) is 13.8 Å². The number of halogens is 3. The standard InChI is InChI=1S/C19H23F3N4O/c1-12(2)17-16(24-11-27-17)10-25-6-13-8-26(9-14(13)7-25)18-15(19(20,21)22)4-3-5-23-18/h3-5,11-14H,6-10H2,1-2H3. The zero-order chi connectivity index (χ0) is 19.2. The van der Waals surface area contributed by atoms with Crippen molar-refractivity contribution in [3.8, 4) is 0 Å². The number of pyridine rings is 1. The van der Waals surface area contributed by atoms with E-state index in [1.807, 2.05) is 0 Å². The molecule has 0 spiro atoms. The monoisotopic (exact) mass is 380 g/mol. The van der Waals surface area contributed by atoms with Crippen LogP contribution in [-0.4, -0.2) is 41.0 Å². The molecule has 0 radical (unpaired) electrons. The number of anilines is 1. The Kier molecular flexibility index (Phi) is 4.61. The Morgan fingerprint density at radius 2 is 1.85 bits per heavy atom. The molecule has 2 aliphatic heterocycles. The molecule has 2 aromatic rings. The van der Waals surface area contributed by atoms with Crippen LogP contribution in [0, 0.1) is 11.8 Å². The minimum Gasteiger partial charge on any atom is -0.448 e. The van der Waals surface area contributed by atoms with Crippen LogP contribution in [0.4, 0.5) is 19.0 Å². The molecule has 0 N–H and O–H groups in total. The van der Waals surface area contributed by atoms with Gasteiger partial charge in [-0.25, -0.2) is 9.97 Å². The lowest BCUT2D eigenvalue weighted by Gasteiger charge is -2.24. The highest BCUT2D eigenvalue weighted by Gasteiger charge is 2.43. The summed E-state index contributed by atoms with van der Waals surface area (Å²) < 4.78 is 45.3. The molecule has 4 heterocycles. The third kappa shape index (κ3) is 3.54. The van der Waals surface area contributed by atoms with Gasteiger partial charge in [0.2, 0.25) is 0 Å². The Balaban J connectivity index is 1.43. The SMILES string of the molecule is CC(C)c1ocnc1CN1CC2CN(c3ncccc3C(F)(F)F)CC2C1. The van der Waals surface area contributed by atoms with Gasteiger partial charge >= 0.3 is 6.18 Å². The smallest absolute Gasteiger partial charge is 0.419 e. The fraction of sp³-hybridized carbons (Fsp3) is 0.579. The summed E-state index contributed by atoms with van der Waals surface area (Å²) in [5, 5.41) is 0. The summed E-state index contributed by atoms with van der Waals surface area (Å²) in [7, 11) is 0. The summed E-state index contributed by atoms with van der Waals surface area (Å²) in [6, 6.07) is 2.45. The van der Waals surface area contributed by atoms with E-state index in [-0.39, 0.29) is 11.7 Å². The highest BCUT2D eigenvalue weighted by Crippen LogP contribution is 2.40. The fourth-order valence-corrected chi connectivity index (χ4v) is 4.34. The minimum absolute atomic E-state index is 0.0598. The van der Waals surface area contributed by atoms with Crippen LogP contribution in [0.15, 0.2) is 29.1 Å². The maximum Gasteiger partial charge on any atom is 0.419 e. The molecule has 0 saturated carbocycles. The lowest BCUT2D eigenvalue weighted by molar-refractivity contribution is -0.137. The van der Waals surface area contributed by atoms with Gasteiger partial charge in [0.25, 0.3) is 0 Å². The maximum atomic E-state index is 13.3. The Morgan fingerprint density at radius 3 is 2.48 bits per heavy atom. The van der Waals surface area contributed by atoms with Crippen LogP contribution >= 0.6 is 0 Å². The highest BCUT2D eigenvalue weighted by molar-refractivity contribution is 5.49. The first-order valence-electron chi connectivity index (χ1n) is 9.24. The van der Waals surface area contributed by atoms with Crippen molar-refractivity contribution in [2.45, 2.75) is 32.5 Å². The third-order valence-corrected chi connectivity index (χ3v) is 5.52. The molecular formula is C19H23F3N4O. The van der Waals surface area contributed by atoms with E-state index in [2.05, 4.69) is 28.7 Å². The molecule has 0 amide bonds. The van der Waals surface area contributed by atoms with E-state index in [0.29, 0.717) is 24.9 Å². The van der Waals surface area contributed by atoms with E-state index in [9.17, 15) is 13.2 Å². The first-order chi connectivity index (χ1) is 12.8. The van der Waals surface area contributed by atoms with Crippen molar-refractivity contribution in [2.75, 3.05) is 31.1 Å². The van der Waals surface area contributed by atoms with Gasteiger partial charge in [-0.15, -0.1) is 0 Å². The lowest BCUT2D eigenvalue weighted by Crippen LogP contribution is -2.30. The van der Waals surface area contributed by atoms with Crippen molar-refractivity contribution in [1.29, 1.82) is 0 Å². The van der Waals surface area contributed by atoms with Crippen molar-refractivity contribution in [2.24, 2.45) is 11.8 Å². The molecule has 27 heavy (non-hydrogen) atoms. The number of hydrogen-bond acceptors (Lipinski definition) is 5. The molecule has 0 aromatic carbocycles. The lowest BCUT2D eigenvalue weighted by atomic mass is 10.0. The number of aromatic nitrogens is 2. The molecule has 2 unspecified atom stereocenters. The molecule has 2 aromatic heterocycles. The fourth-order valence-electron chi connectivity index (χ4n) is 4.34. The number of nitrogens with zero attached hydrogens (tertiary/aromatic N) is 4. The van der Waals surface area contributed by atoms with E-state index in [1.165, 1.54) is 18.7 Å². The summed E-state index contributed by atoms with van der Waals surface area (Å²) in [4.78, 5) is 12.5. The maximum absolute atomic E-state index is 13.3. The van der Waals surface area contributed by atoms with Crippen LogP contribution in [0.5, 0.6) is 0 Å². The summed E-state index contributed by atoms with van der Waals surface area (Å²) in [5.41, 5.74) is 0.317. The van der Waals surface area contributed by atoms with E-state index in [4.69, 9.17) is 4.42 Å². The van der Waals surface area contributed by atoms with E-state index >= 15 is 0 Å². The second kappa shape index (κ2) is 6.82. The number of alkyl halides is 3.